The zero-order valence-corrected chi connectivity index (χ0v) is 12.7. The van der Waals surface area contributed by atoms with Crippen LogP contribution in [0.2, 0.25) is 0 Å². The summed E-state index contributed by atoms with van der Waals surface area (Å²) in [5.41, 5.74) is 1.67. The highest BCUT2D eigenvalue weighted by molar-refractivity contribution is 5.94. The van der Waals surface area contributed by atoms with Gasteiger partial charge in [0.25, 0.3) is 5.91 Å². The Bertz CT molecular complexity index is 830. The topological polar surface area (TPSA) is 46.9 Å². The summed E-state index contributed by atoms with van der Waals surface area (Å²) < 4.78 is 28.4. The minimum atomic E-state index is -0.738. The molecule has 1 amide bonds. The third-order valence-corrected chi connectivity index (χ3v) is 3.58. The Hall–Kier alpha value is -3.02. The van der Waals surface area contributed by atoms with Gasteiger partial charge in [-0.1, -0.05) is 12.1 Å². The Morgan fingerprint density at radius 1 is 1.12 bits per heavy atom. The van der Waals surface area contributed by atoms with Crippen LogP contribution in [0.5, 0.6) is 0 Å². The summed E-state index contributed by atoms with van der Waals surface area (Å²) >= 11 is 0. The maximum atomic E-state index is 13.5. The van der Waals surface area contributed by atoms with Crippen molar-refractivity contribution < 1.29 is 13.6 Å². The minimum absolute atomic E-state index is 0.288. The summed E-state index contributed by atoms with van der Waals surface area (Å²) in [6.07, 6.45) is 4.14. The van der Waals surface area contributed by atoms with Crippen LogP contribution in [-0.4, -0.2) is 22.2 Å². The molecule has 4 nitrogen and oxygen atoms in total. The molecule has 3 aromatic rings. The van der Waals surface area contributed by atoms with Crippen molar-refractivity contribution in [3.63, 3.8) is 0 Å². The lowest BCUT2D eigenvalue weighted by molar-refractivity contribution is 0.0949. The molecule has 0 fully saturated rings. The lowest BCUT2D eigenvalue weighted by atomic mass is 10.1. The number of nitrogens with one attached hydrogen (secondary N) is 1. The SMILES string of the molecule is O=C(NCCc1ccc(-n2cccn2)cc1)c1cc(F)ccc1F. The molecule has 24 heavy (non-hydrogen) atoms. The Balaban J connectivity index is 1.56. The number of halogens is 2. The third-order valence-electron chi connectivity index (χ3n) is 3.58. The Morgan fingerprint density at radius 2 is 1.92 bits per heavy atom. The van der Waals surface area contributed by atoms with Gasteiger partial charge in [0.05, 0.1) is 11.3 Å². The van der Waals surface area contributed by atoms with Gasteiger partial charge < -0.3 is 5.32 Å². The summed E-state index contributed by atoms with van der Waals surface area (Å²) in [4.78, 5) is 11.9. The van der Waals surface area contributed by atoms with E-state index in [9.17, 15) is 13.6 Å². The second kappa shape index (κ2) is 7.04. The van der Waals surface area contributed by atoms with E-state index in [-0.39, 0.29) is 5.56 Å². The van der Waals surface area contributed by atoms with Crippen molar-refractivity contribution in [3.05, 3.63) is 83.7 Å². The van der Waals surface area contributed by atoms with Gasteiger partial charge in [0, 0.05) is 18.9 Å². The van der Waals surface area contributed by atoms with Crippen LogP contribution in [0.3, 0.4) is 0 Å². The normalized spacial score (nSPS) is 10.6. The molecule has 0 spiro atoms. The van der Waals surface area contributed by atoms with E-state index in [1.54, 1.807) is 10.9 Å². The van der Waals surface area contributed by atoms with E-state index in [1.165, 1.54) is 0 Å². The zero-order valence-electron chi connectivity index (χ0n) is 12.7. The summed E-state index contributed by atoms with van der Waals surface area (Å²) in [5, 5.41) is 6.74. The van der Waals surface area contributed by atoms with Crippen molar-refractivity contribution >= 4 is 5.91 Å². The van der Waals surface area contributed by atoms with Gasteiger partial charge in [0.15, 0.2) is 0 Å². The second-order valence-corrected chi connectivity index (χ2v) is 5.25. The number of benzene rings is 2. The Labute approximate surface area is 137 Å². The minimum Gasteiger partial charge on any atom is -0.352 e. The van der Waals surface area contributed by atoms with Gasteiger partial charge in [0.2, 0.25) is 0 Å². The van der Waals surface area contributed by atoms with E-state index in [0.29, 0.717) is 13.0 Å². The Kier molecular flexibility index (Phi) is 4.65. The summed E-state index contributed by atoms with van der Waals surface area (Å²) in [7, 11) is 0. The molecule has 122 valence electrons. The number of nitrogens with zero attached hydrogens (tertiary/aromatic N) is 2. The number of aromatic nitrogens is 2. The molecule has 6 heteroatoms. The quantitative estimate of drug-likeness (QED) is 0.783. The van der Waals surface area contributed by atoms with Gasteiger partial charge in [-0.25, -0.2) is 13.5 Å². The van der Waals surface area contributed by atoms with Crippen molar-refractivity contribution in [2.45, 2.75) is 6.42 Å². The number of carbonyl (C=O) groups excluding carboxylic acids is 1. The molecule has 1 N–H and O–H groups in total. The molecule has 0 bridgehead atoms. The monoisotopic (exact) mass is 327 g/mol. The zero-order chi connectivity index (χ0) is 16.9. The molecule has 3 rings (SSSR count). The fraction of sp³-hybridized carbons (Fsp3) is 0.111. The molecular formula is C18H15F2N3O. The highest BCUT2D eigenvalue weighted by Crippen LogP contribution is 2.11. The van der Waals surface area contributed by atoms with Crippen LogP contribution in [0.15, 0.2) is 60.9 Å². The van der Waals surface area contributed by atoms with Crippen LogP contribution < -0.4 is 5.32 Å². The maximum Gasteiger partial charge on any atom is 0.254 e. The fourth-order valence-corrected chi connectivity index (χ4v) is 2.32. The first-order valence-electron chi connectivity index (χ1n) is 7.46. The van der Waals surface area contributed by atoms with Crippen molar-refractivity contribution in [2.24, 2.45) is 0 Å². The molecule has 0 aliphatic rings. The fourth-order valence-electron chi connectivity index (χ4n) is 2.32. The predicted octanol–water partition coefficient (Wildman–Crippen LogP) is 3.12. The second-order valence-electron chi connectivity index (χ2n) is 5.25. The number of hydrogen-bond donors (Lipinski definition) is 1. The van der Waals surface area contributed by atoms with E-state index >= 15 is 0 Å². The van der Waals surface area contributed by atoms with Crippen molar-refractivity contribution in [2.75, 3.05) is 6.54 Å². The summed E-state index contributed by atoms with van der Waals surface area (Å²) in [5.74, 6) is -2.01. The molecule has 0 radical (unpaired) electrons. The van der Waals surface area contributed by atoms with Gasteiger partial charge in [-0.05, 0) is 48.4 Å². The highest BCUT2D eigenvalue weighted by Gasteiger charge is 2.12. The first kappa shape index (κ1) is 15.9. The number of rotatable bonds is 5. The smallest absolute Gasteiger partial charge is 0.254 e. The molecule has 0 atom stereocenters. The molecule has 1 aromatic heterocycles. The molecule has 0 aliphatic carbocycles. The molecule has 0 aliphatic heterocycles. The third kappa shape index (κ3) is 3.65. The number of amides is 1. The van der Waals surface area contributed by atoms with Crippen molar-refractivity contribution in [1.29, 1.82) is 0 Å². The lowest BCUT2D eigenvalue weighted by Crippen LogP contribution is -2.26. The van der Waals surface area contributed by atoms with Crippen LogP contribution in [0, 0.1) is 11.6 Å². The summed E-state index contributed by atoms with van der Waals surface area (Å²) in [6, 6.07) is 12.4. The average molecular weight is 327 g/mol. The first-order valence-corrected chi connectivity index (χ1v) is 7.46. The first-order chi connectivity index (χ1) is 11.6. The van der Waals surface area contributed by atoms with Crippen molar-refractivity contribution in [3.8, 4) is 5.69 Å². The highest BCUT2D eigenvalue weighted by atomic mass is 19.1. The van der Waals surface area contributed by atoms with E-state index in [0.717, 1.165) is 29.4 Å². The predicted molar refractivity (Wildman–Crippen MR) is 86.0 cm³/mol. The van der Waals surface area contributed by atoms with Gasteiger partial charge >= 0.3 is 0 Å². The van der Waals surface area contributed by atoms with E-state index < -0.39 is 17.5 Å². The van der Waals surface area contributed by atoms with Crippen LogP contribution in [-0.2, 0) is 6.42 Å². The summed E-state index contributed by atoms with van der Waals surface area (Å²) in [6.45, 7) is 0.329. The molecule has 0 saturated heterocycles. The van der Waals surface area contributed by atoms with Crippen LogP contribution in [0.4, 0.5) is 8.78 Å². The average Bonchev–Trinajstić information content (AvgIpc) is 3.12. The molecule has 0 saturated carbocycles. The van der Waals surface area contributed by atoms with E-state index in [1.807, 2.05) is 36.5 Å². The Morgan fingerprint density at radius 3 is 2.62 bits per heavy atom. The van der Waals surface area contributed by atoms with Crippen LogP contribution in [0.25, 0.3) is 5.69 Å². The number of hydrogen-bond acceptors (Lipinski definition) is 2. The van der Waals surface area contributed by atoms with Gasteiger partial charge in [0.1, 0.15) is 11.6 Å². The van der Waals surface area contributed by atoms with E-state index in [2.05, 4.69) is 10.4 Å². The molecule has 2 aromatic carbocycles. The number of carbonyl (C=O) groups is 1. The van der Waals surface area contributed by atoms with Gasteiger partial charge in [-0.15, -0.1) is 0 Å². The van der Waals surface area contributed by atoms with Gasteiger partial charge in [-0.3, -0.25) is 4.79 Å². The molecule has 1 heterocycles. The lowest BCUT2D eigenvalue weighted by Gasteiger charge is -2.07. The van der Waals surface area contributed by atoms with Gasteiger partial charge in [-0.2, -0.15) is 5.10 Å². The molecular weight excluding hydrogens is 312 g/mol. The largest absolute Gasteiger partial charge is 0.352 e. The van der Waals surface area contributed by atoms with E-state index in [4.69, 9.17) is 0 Å². The van der Waals surface area contributed by atoms with Crippen LogP contribution in [0.1, 0.15) is 15.9 Å². The van der Waals surface area contributed by atoms with Crippen LogP contribution >= 0.6 is 0 Å². The standard InChI is InChI=1S/C18H15F2N3O/c19-14-4-7-17(20)16(12-14)18(24)21-10-8-13-2-5-15(6-3-13)23-11-1-9-22-23/h1-7,9,11-12H,8,10H2,(H,21,24). The van der Waals surface area contributed by atoms with Crippen molar-refractivity contribution in [1.82, 2.24) is 15.1 Å². The molecule has 0 unspecified atom stereocenters. The maximum absolute atomic E-state index is 13.5.